The third-order valence-electron chi connectivity index (χ3n) is 4.49. The smallest absolute Gasteiger partial charge is 0.255 e. The van der Waals surface area contributed by atoms with Crippen molar-refractivity contribution in [1.29, 1.82) is 0 Å². The van der Waals surface area contributed by atoms with E-state index in [-0.39, 0.29) is 33.5 Å². The Kier molecular flexibility index (Phi) is 6.71. The van der Waals surface area contributed by atoms with Crippen LogP contribution in [0.5, 0.6) is 5.75 Å². The third kappa shape index (κ3) is 4.92. The molecule has 0 saturated heterocycles. The molecule has 9 heteroatoms. The first kappa shape index (κ1) is 22.0. The molecule has 0 unspecified atom stereocenters. The molecule has 0 atom stereocenters. The molecule has 1 heterocycles. The number of hydrogen-bond donors (Lipinski definition) is 3. The van der Waals surface area contributed by atoms with E-state index in [1.807, 2.05) is 31.2 Å². The summed E-state index contributed by atoms with van der Waals surface area (Å²) in [5.41, 5.74) is 2.20. The topological polar surface area (TPSA) is 92.4 Å². The van der Waals surface area contributed by atoms with E-state index in [1.54, 1.807) is 0 Å². The summed E-state index contributed by atoms with van der Waals surface area (Å²) in [5.74, 6) is -1.61. The number of hydrogen-bond acceptors (Lipinski definition) is 5. The van der Waals surface area contributed by atoms with Gasteiger partial charge in [0, 0.05) is 24.5 Å². The van der Waals surface area contributed by atoms with Crippen molar-refractivity contribution in [3.05, 3.63) is 76.2 Å². The third-order valence-corrected chi connectivity index (χ3v) is 4.77. The summed E-state index contributed by atoms with van der Waals surface area (Å²) in [7, 11) is 2.77. The second-order valence-electron chi connectivity index (χ2n) is 6.57. The number of aryl methyl sites for hydroxylation is 1. The summed E-state index contributed by atoms with van der Waals surface area (Å²) < 4.78 is 19.0. The number of benzene rings is 2. The fraction of sp³-hybridized carbons (Fsp3) is 0.136. The molecule has 0 saturated carbocycles. The van der Waals surface area contributed by atoms with Crippen LogP contribution in [0.2, 0.25) is 5.02 Å². The van der Waals surface area contributed by atoms with Crippen LogP contribution < -0.4 is 20.7 Å². The molecule has 3 rings (SSSR count). The van der Waals surface area contributed by atoms with Crippen molar-refractivity contribution in [2.24, 2.45) is 0 Å². The van der Waals surface area contributed by atoms with Crippen LogP contribution in [-0.2, 0) is 0 Å². The van der Waals surface area contributed by atoms with Crippen molar-refractivity contribution in [1.82, 2.24) is 10.3 Å². The number of para-hydroxylation sites is 1. The van der Waals surface area contributed by atoms with Gasteiger partial charge in [-0.2, -0.15) is 0 Å². The fourth-order valence-electron chi connectivity index (χ4n) is 2.85. The number of pyridine rings is 1. The summed E-state index contributed by atoms with van der Waals surface area (Å²) in [4.78, 5) is 29.1. The average Bonchev–Trinajstić information content (AvgIpc) is 2.75. The van der Waals surface area contributed by atoms with E-state index < -0.39 is 11.7 Å². The summed E-state index contributed by atoms with van der Waals surface area (Å²) in [6.07, 6.45) is 1.39. The number of anilines is 3. The van der Waals surface area contributed by atoms with Gasteiger partial charge in [-0.15, -0.1) is 0 Å². The van der Waals surface area contributed by atoms with E-state index in [9.17, 15) is 14.0 Å². The predicted octanol–water partition coefficient (Wildman–Crippen LogP) is 4.55. The van der Waals surface area contributed by atoms with Gasteiger partial charge < -0.3 is 20.7 Å². The van der Waals surface area contributed by atoms with E-state index in [1.165, 1.54) is 32.5 Å². The molecule has 0 aliphatic heterocycles. The van der Waals surface area contributed by atoms with Crippen molar-refractivity contribution in [2.45, 2.75) is 6.92 Å². The van der Waals surface area contributed by atoms with Gasteiger partial charge in [0.15, 0.2) is 17.4 Å². The fourth-order valence-corrected chi connectivity index (χ4v) is 3.13. The lowest BCUT2D eigenvalue weighted by molar-refractivity contribution is 0.0961. The summed E-state index contributed by atoms with van der Waals surface area (Å²) in [6, 6.07) is 11.3. The molecule has 0 bridgehead atoms. The molecule has 2 amide bonds. The molecule has 0 aliphatic rings. The minimum atomic E-state index is -0.768. The number of methoxy groups -OCH3 is 1. The number of nitrogens with one attached hydrogen (secondary N) is 3. The molecule has 2 aromatic carbocycles. The zero-order valence-corrected chi connectivity index (χ0v) is 17.8. The van der Waals surface area contributed by atoms with E-state index in [0.29, 0.717) is 5.82 Å². The monoisotopic (exact) mass is 442 g/mol. The van der Waals surface area contributed by atoms with Crippen LogP contribution in [-0.4, -0.2) is 31.0 Å². The lowest BCUT2D eigenvalue weighted by atomic mass is 10.1. The number of halogens is 2. The number of aromatic nitrogens is 1. The second-order valence-corrected chi connectivity index (χ2v) is 6.97. The molecule has 3 N–H and O–H groups in total. The van der Waals surface area contributed by atoms with Gasteiger partial charge in [0.05, 0.1) is 23.4 Å². The number of ether oxygens (including phenoxy) is 1. The Bertz CT molecular complexity index is 1130. The Hall–Kier alpha value is -3.65. The molecule has 0 aliphatic carbocycles. The van der Waals surface area contributed by atoms with Crippen molar-refractivity contribution in [2.75, 3.05) is 24.8 Å². The van der Waals surface area contributed by atoms with Crippen LogP contribution in [0.4, 0.5) is 21.6 Å². The number of amides is 2. The van der Waals surface area contributed by atoms with Gasteiger partial charge >= 0.3 is 0 Å². The molecule has 7 nitrogen and oxygen atoms in total. The second kappa shape index (κ2) is 9.44. The summed E-state index contributed by atoms with van der Waals surface area (Å²) in [6.45, 7) is 1.92. The lowest BCUT2D eigenvalue weighted by Crippen LogP contribution is -2.20. The van der Waals surface area contributed by atoms with Gasteiger partial charge in [-0.3, -0.25) is 9.59 Å². The summed E-state index contributed by atoms with van der Waals surface area (Å²) >= 11 is 6.00. The van der Waals surface area contributed by atoms with Crippen molar-refractivity contribution >= 4 is 40.6 Å². The highest BCUT2D eigenvalue weighted by molar-refractivity contribution is 6.32. The normalized spacial score (nSPS) is 10.4. The first-order chi connectivity index (χ1) is 14.8. The number of carbonyl (C=O) groups is 2. The van der Waals surface area contributed by atoms with E-state index >= 15 is 0 Å². The van der Waals surface area contributed by atoms with Gasteiger partial charge in [-0.25, -0.2) is 9.37 Å². The van der Waals surface area contributed by atoms with Crippen molar-refractivity contribution in [3.63, 3.8) is 0 Å². The highest BCUT2D eigenvalue weighted by atomic mass is 35.5. The van der Waals surface area contributed by atoms with Gasteiger partial charge in [-0.1, -0.05) is 29.8 Å². The number of rotatable bonds is 6. The SMILES string of the molecule is CNC(=O)c1cnc(Nc2ccccc2C)c(NC(=O)c2cc(F)c(OC)c(Cl)c2)c1. The van der Waals surface area contributed by atoms with E-state index in [0.717, 1.165) is 17.3 Å². The van der Waals surface area contributed by atoms with Crippen LogP contribution in [0.15, 0.2) is 48.7 Å². The zero-order valence-electron chi connectivity index (χ0n) is 17.0. The van der Waals surface area contributed by atoms with Gasteiger partial charge in [0.2, 0.25) is 0 Å². The maximum absolute atomic E-state index is 14.2. The Labute approximate surface area is 183 Å². The first-order valence-electron chi connectivity index (χ1n) is 9.23. The lowest BCUT2D eigenvalue weighted by Gasteiger charge is -2.15. The minimum absolute atomic E-state index is 0.0181. The molecule has 1 aromatic heterocycles. The predicted molar refractivity (Wildman–Crippen MR) is 118 cm³/mol. The van der Waals surface area contributed by atoms with Crippen LogP contribution in [0.25, 0.3) is 0 Å². The highest BCUT2D eigenvalue weighted by Gasteiger charge is 2.18. The maximum atomic E-state index is 14.2. The molecular weight excluding hydrogens is 423 g/mol. The highest BCUT2D eigenvalue weighted by Crippen LogP contribution is 2.30. The van der Waals surface area contributed by atoms with Crippen LogP contribution in [0.3, 0.4) is 0 Å². The molecular formula is C22H20ClFN4O3. The molecule has 0 fully saturated rings. The zero-order chi connectivity index (χ0) is 22.5. The van der Waals surface area contributed by atoms with Gasteiger partial charge in [0.1, 0.15) is 0 Å². The number of carbonyl (C=O) groups excluding carboxylic acids is 2. The number of nitrogens with zero attached hydrogens (tertiary/aromatic N) is 1. The van der Waals surface area contributed by atoms with E-state index in [2.05, 4.69) is 20.9 Å². The molecule has 3 aromatic rings. The van der Waals surface area contributed by atoms with E-state index in [4.69, 9.17) is 16.3 Å². The van der Waals surface area contributed by atoms with Crippen LogP contribution in [0, 0.1) is 12.7 Å². The first-order valence-corrected chi connectivity index (χ1v) is 9.61. The van der Waals surface area contributed by atoms with Gasteiger partial charge in [-0.05, 0) is 36.8 Å². The largest absolute Gasteiger partial charge is 0.492 e. The Morgan fingerprint density at radius 3 is 2.45 bits per heavy atom. The van der Waals surface area contributed by atoms with Crippen LogP contribution >= 0.6 is 11.6 Å². The molecule has 160 valence electrons. The van der Waals surface area contributed by atoms with Crippen molar-refractivity contribution in [3.8, 4) is 5.75 Å². The molecule has 31 heavy (non-hydrogen) atoms. The molecule has 0 radical (unpaired) electrons. The Balaban J connectivity index is 1.98. The van der Waals surface area contributed by atoms with Crippen molar-refractivity contribution < 1.29 is 18.7 Å². The van der Waals surface area contributed by atoms with Gasteiger partial charge in [0.25, 0.3) is 11.8 Å². The Morgan fingerprint density at radius 1 is 1.06 bits per heavy atom. The molecule has 0 spiro atoms. The summed E-state index contributed by atoms with van der Waals surface area (Å²) in [5, 5.41) is 8.28. The minimum Gasteiger partial charge on any atom is -0.492 e. The standard InChI is InChI=1S/C22H20ClFN4O3/c1-12-6-4-5-7-17(12)27-20-18(10-14(11-26-20)21(29)25-2)28-22(30)13-8-15(23)19(31-3)16(24)9-13/h4-11H,1-3H3,(H,25,29)(H,26,27)(H,28,30). The maximum Gasteiger partial charge on any atom is 0.255 e. The quantitative estimate of drug-likeness (QED) is 0.521. The average molecular weight is 443 g/mol. The Morgan fingerprint density at radius 2 is 1.81 bits per heavy atom. The van der Waals surface area contributed by atoms with Crippen LogP contribution in [0.1, 0.15) is 26.3 Å².